The summed E-state index contributed by atoms with van der Waals surface area (Å²) in [6.45, 7) is 3.58. The second-order valence-corrected chi connectivity index (χ2v) is 9.85. The largest absolute Gasteiger partial charge is 0.382 e. The van der Waals surface area contributed by atoms with Gasteiger partial charge < -0.3 is 15.0 Å². The second-order valence-electron chi connectivity index (χ2n) is 7.74. The fraction of sp³-hybridized carbons (Fsp3) is 0.333. The molecule has 4 rings (SSSR count). The number of rotatable bonds is 10. The molecule has 0 unspecified atom stereocenters. The summed E-state index contributed by atoms with van der Waals surface area (Å²) in [4.78, 5) is 9.63. The normalized spacial score (nSPS) is 12.0. The number of aromatic nitrogens is 3. The van der Waals surface area contributed by atoms with E-state index in [0.717, 1.165) is 40.6 Å². The molecule has 8 heteroatoms. The molecular formula is C24H28N4O3S. The maximum atomic E-state index is 12.4. The standard InChI is InChI=1S/C24H28N4O3S/c1-2-9-21-27-22-23(19-12-6-7-13-20(19)26-24(22)25)28(21)14-16-31-15-8-17-32(29,30)18-10-4-3-5-11-18/h3-7,10-13H,2,8-9,14-17H2,1H3,(H2,25,26). The van der Waals surface area contributed by atoms with Crippen LogP contribution in [0.3, 0.4) is 0 Å². The topological polar surface area (TPSA) is 100 Å². The van der Waals surface area contributed by atoms with Gasteiger partial charge in [-0.2, -0.15) is 0 Å². The molecule has 7 nitrogen and oxygen atoms in total. The van der Waals surface area contributed by atoms with E-state index in [4.69, 9.17) is 15.5 Å². The lowest BCUT2D eigenvalue weighted by Gasteiger charge is -2.11. The van der Waals surface area contributed by atoms with E-state index < -0.39 is 9.84 Å². The number of imidazole rings is 1. The van der Waals surface area contributed by atoms with Gasteiger partial charge in [-0.1, -0.05) is 43.3 Å². The summed E-state index contributed by atoms with van der Waals surface area (Å²) >= 11 is 0. The van der Waals surface area contributed by atoms with Gasteiger partial charge in [-0.15, -0.1) is 0 Å². The SMILES string of the molecule is CCCc1nc2c(N)nc3ccccc3c2n1CCOCCCS(=O)(=O)c1ccccc1. The number of ether oxygens (including phenoxy) is 1. The lowest BCUT2D eigenvalue weighted by atomic mass is 10.2. The van der Waals surface area contributed by atoms with Gasteiger partial charge in [0.2, 0.25) is 0 Å². The maximum Gasteiger partial charge on any atom is 0.178 e. The van der Waals surface area contributed by atoms with Crippen molar-refractivity contribution >= 4 is 37.6 Å². The molecule has 0 fully saturated rings. The van der Waals surface area contributed by atoms with Crippen LogP contribution in [0.25, 0.3) is 21.9 Å². The number of hydrogen-bond acceptors (Lipinski definition) is 6. The highest BCUT2D eigenvalue weighted by molar-refractivity contribution is 7.91. The quantitative estimate of drug-likeness (QED) is 0.365. The van der Waals surface area contributed by atoms with Crippen molar-refractivity contribution in [3.8, 4) is 0 Å². The fourth-order valence-corrected chi connectivity index (χ4v) is 5.22. The smallest absolute Gasteiger partial charge is 0.178 e. The fourth-order valence-electron chi connectivity index (χ4n) is 3.91. The van der Waals surface area contributed by atoms with E-state index >= 15 is 0 Å². The van der Waals surface area contributed by atoms with Crippen LogP contribution in [0.4, 0.5) is 5.82 Å². The van der Waals surface area contributed by atoms with Crippen molar-refractivity contribution in [2.24, 2.45) is 0 Å². The highest BCUT2D eigenvalue weighted by Gasteiger charge is 2.17. The average Bonchev–Trinajstić information content (AvgIpc) is 3.16. The molecule has 2 heterocycles. The summed E-state index contributed by atoms with van der Waals surface area (Å²) in [5.74, 6) is 1.46. The van der Waals surface area contributed by atoms with Crippen LogP contribution in [0.2, 0.25) is 0 Å². The van der Waals surface area contributed by atoms with E-state index in [2.05, 4.69) is 16.5 Å². The van der Waals surface area contributed by atoms with Crippen LogP contribution in [0, 0.1) is 0 Å². The van der Waals surface area contributed by atoms with Crippen LogP contribution in [0.5, 0.6) is 0 Å². The van der Waals surface area contributed by atoms with Crippen molar-refractivity contribution in [3.05, 3.63) is 60.4 Å². The highest BCUT2D eigenvalue weighted by atomic mass is 32.2. The number of para-hydroxylation sites is 1. The Bertz CT molecular complexity index is 1320. The first kappa shape index (κ1) is 22.2. The third-order valence-corrected chi connectivity index (χ3v) is 7.24. The minimum Gasteiger partial charge on any atom is -0.382 e. The molecule has 0 aliphatic carbocycles. The molecule has 2 N–H and O–H groups in total. The zero-order valence-electron chi connectivity index (χ0n) is 18.2. The number of aryl methyl sites for hydroxylation is 1. The van der Waals surface area contributed by atoms with Gasteiger partial charge >= 0.3 is 0 Å². The van der Waals surface area contributed by atoms with Gasteiger partial charge in [0, 0.05) is 25.0 Å². The first-order chi connectivity index (χ1) is 15.5. The lowest BCUT2D eigenvalue weighted by Crippen LogP contribution is -2.13. The van der Waals surface area contributed by atoms with Crippen molar-refractivity contribution in [2.75, 3.05) is 24.7 Å². The van der Waals surface area contributed by atoms with Crippen LogP contribution in [0.15, 0.2) is 59.5 Å². The number of anilines is 1. The third-order valence-electron chi connectivity index (χ3n) is 5.43. The molecule has 2 aromatic carbocycles. The number of nitrogens with two attached hydrogens (primary N) is 1. The number of nitrogens with zero attached hydrogens (tertiary/aromatic N) is 3. The van der Waals surface area contributed by atoms with E-state index in [1.807, 2.05) is 30.3 Å². The first-order valence-corrected chi connectivity index (χ1v) is 12.6. The number of benzene rings is 2. The Balaban J connectivity index is 1.44. The van der Waals surface area contributed by atoms with Crippen molar-refractivity contribution < 1.29 is 13.2 Å². The number of fused-ring (bicyclic) bond motifs is 3. The van der Waals surface area contributed by atoms with E-state index in [9.17, 15) is 8.42 Å². The van der Waals surface area contributed by atoms with E-state index in [-0.39, 0.29) is 5.75 Å². The van der Waals surface area contributed by atoms with Gasteiger partial charge in [-0.25, -0.2) is 18.4 Å². The predicted octanol–water partition coefficient (Wildman–Crippen LogP) is 4.00. The molecule has 0 aliphatic heterocycles. The summed E-state index contributed by atoms with van der Waals surface area (Å²) in [5, 5.41) is 1.01. The van der Waals surface area contributed by atoms with Gasteiger partial charge in [0.15, 0.2) is 15.7 Å². The third kappa shape index (κ3) is 4.61. The molecule has 4 aromatic rings. The lowest BCUT2D eigenvalue weighted by molar-refractivity contribution is 0.127. The van der Waals surface area contributed by atoms with Crippen molar-refractivity contribution in [3.63, 3.8) is 0 Å². The molecule has 168 valence electrons. The number of nitrogen functional groups attached to an aromatic ring is 1. The van der Waals surface area contributed by atoms with Crippen LogP contribution < -0.4 is 5.73 Å². The van der Waals surface area contributed by atoms with Gasteiger partial charge in [0.05, 0.1) is 28.3 Å². The monoisotopic (exact) mass is 452 g/mol. The van der Waals surface area contributed by atoms with Crippen LogP contribution in [-0.2, 0) is 27.5 Å². The average molecular weight is 453 g/mol. The molecule has 32 heavy (non-hydrogen) atoms. The summed E-state index contributed by atoms with van der Waals surface area (Å²) < 4.78 is 32.7. The molecule has 0 radical (unpaired) electrons. The predicted molar refractivity (Wildman–Crippen MR) is 127 cm³/mol. The van der Waals surface area contributed by atoms with Gasteiger partial charge in [-0.05, 0) is 31.0 Å². The first-order valence-electron chi connectivity index (χ1n) is 10.9. The minimum atomic E-state index is -3.28. The van der Waals surface area contributed by atoms with Gasteiger partial charge in [-0.3, -0.25) is 0 Å². The summed E-state index contributed by atoms with van der Waals surface area (Å²) in [6.07, 6.45) is 2.24. The van der Waals surface area contributed by atoms with Crippen LogP contribution in [-0.4, -0.2) is 41.9 Å². The Morgan fingerprint density at radius 3 is 2.53 bits per heavy atom. The van der Waals surface area contributed by atoms with E-state index in [1.54, 1.807) is 24.3 Å². The van der Waals surface area contributed by atoms with E-state index in [0.29, 0.717) is 36.9 Å². The molecule has 0 amide bonds. The number of pyridine rings is 1. The molecule has 0 aliphatic rings. The zero-order valence-corrected chi connectivity index (χ0v) is 19.0. The maximum absolute atomic E-state index is 12.4. The summed E-state index contributed by atoms with van der Waals surface area (Å²) in [5.41, 5.74) is 8.75. The Labute approximate surface area is 188 Å². The van der Waals surface area contributed by atoms with Crippen LogP contribution in [0.1, 0.15) is 25.6 Å². The molecule has 0 atom stereocenters. The highest BCUT2D eigenvalue weighted by Crippen LogP contribution is 2.29. The molecule has 0 saturated heterocycles. The summed E-state index contributed by atoms with van der Waals surface area (Å²) in [7, 11) is -3.28. The van der Waals surface area contributed by atoms with Gasteiger partial charge in [0.25, 0.3) is 0 Å². The Kier molecular flexibility index (Phi) is 6.72. The Morgan fingerprint density at radius 2 is 1.75 bits per heavy atom. The van der Waals surface area contributed by atoms with E-state index in [1.165, 1.54) is 0 Å². The minimum absolute atomic E-state index is 0.0684. The Hall–Kier alpha value is -2.97. The summed E-state index contributed by atoms with van der Waals surface area (Å²) in [6, 6.07) is 16.4. The molecule has 0 saturated carbocycles. The molecular weight excluding hydrogens is 424 g/mol. The molecule has 0 bridgehead atoms. The second kappa shape index (κ2) is 9.67. The molecule has 0 spiro atoms. The van der Waals surface area contributed by atoms with Crippen molar-refractivity contribution in [2.45, 2.75) is 37.6 Å². The van der Waals surface area contributed by atoms with Crippen LogP contribution >= 0.6 is 0 Å². The number of sulfone groups is 1. The Morgan fingerprint density at radius 1 is 1.00 bits per heavy atom. The number of hydrogen-bond donors (Lipinski definition) is 1. The van der Waals surface area contributed by atoms with Gasteiger partial charge in [0.1, 0.15) is 11.3 Å². The van der Waals surface area contributed by atoms with Crippen molar-refractivity contribution in [1.82, 2.24) is 14.5 Å². The molecule has 2 aromatic heterocycles. The van der Waals surface area contributed by atoms with Crippen molar-refractivity contribution in [1.29, 1.82) is 0 Å². The zero-order chi connectivity index (χ0) is 22.6.